The molecule has 1 aromatic heterocycles. The lowest BCUT2D eigenvalue weighted by Gasteiger charge is -2.11. The van der Waals surface area contributed by atoms with Crippen LogP contribution >= 0.6 is 0 Å². The highest BCUT2D eigenvalue weighted by Crippen LogP contribution is 2.13. The molecule has 0 radical (unpaired) electrons. The van der Waals surface area contributed by atoms with E-state index in [1.165, 1.54) is 0 Å². The first kappa shape index (κ1) is 15.2. The summed E-state index contributed by atoms with van der Waals surface area (Å²) in [7, 11) is 0. The molecular formula is C15H20N4O2. The molecule has 1 unspecified atom stereocenters. The summed E-state index contributed by atoms with van der Waals surface area (Å²) in [6.45, 7) is 6.75. The van der Waals surface area contributed by atoms with Gasteiger partial charge in [-0.25, -0.2) is 9.78 Å². The van der Waals surface area contributed by atoms with Crippen molar-refractivity contribution in [1.82, 2.24) is 20.5 Å². The van der Waals surface area contributed by atoms with Gasteiger partial charge in [0.1, 0.15) is 5.82 Å². The fourth-order valence-electron chi connectivity index (χ4n) is 1.87. The van der Waals surface area contributed by atoms with Gasteiger partial charge in [-0.3, -0.25) is 5.10 Å². The molecule has 6 heteroatoms. The van der Waals surface area contributed by atoms with Crippen molar-refractivity contribution in [2.24, 2.45) is 0 Å². The minimum absolute atomic E-state index is 0.0455. The van der Waals surface area contributed by atoms with E-state index in [-0.39, 0.29) is 6.04 Å². The molecule has 0 bridgehead atoms. The second kappa shape index (κ2) is 6.49. The monoisotopic (exact) mass is 288 g/mol. The molecule has 0 aliphatic heterocycles. The third-order valence-corrected chi connectivity index (χ3v) is 3.26. The van der Waals surface area contributed by atoms with Crippen LogP contribution in [-0.4, -0.2) is 26.3 Å². The van der Waals surface area contributed by atoms with Gasteiger partial charge < -0.3 is 10.4 Å². The highest BCUT2D eigenvalue weighted by Gasteiger charge is 2.12. The molecule has 3 N–H and O–H groups in total. The van der Waals surface area contributed by atoms with Crippen molar-refractivity contribution in [1.29, 1.82) is 0 Å². The number of aromatic nitrogens is 3. The first-order valence-corrected chi connectivity index (χ1v) is 6.95. The highest BCUT2D eigenvalue weighted by molar-refractivity contribution is 5.87. The van der Waals surface area contributed by atoms with Crippen LogP contribution in [-0.2, 0) is 6.54 Å². The number of hydrogen-bond donors (Lipinski definition) is 3. The van der Waals surface area contributed by atoms with E-state index in [1.807, 2.05) is 19.1 Å². The Balaban J connectivity index is 1.93. The van der Waals surface area contributed by atoms with Crippen LogP contribution in [0.5, 0.6) is 0 Å². The minimum Gasteiger partial charge on any atom is -0.478 e. The summed E-state index contributed by atoms with van der Waals surface area (Å²) in [6.07, 6.45) is 0. The molecule has 2 rings (SSSR count). The molecule has 0 fully saturated rings. The van der Waals surface area contributed by atoms with Crippen LogP contribution in [0.3, 0.4) is 0 Å². The molecule has 2 aromatic rings. The summed E-state index contributed by atoms with van der Waals surface area (Å²) >= 11 is 0. The molecule has 0 saturated heterocycles. The van der Waals surface area contributed by atoms with E-state index in [9.17, 15) is 4.79 Å². The average Bonchev–Trinajstić information content (AvgIpc) is 2.95. The minimum atomic E-state index is -0.911. The highest BCUT2D eigenvalue weighted by atomic mass is 16.4. The zero-order chi connectivity index (χ0) is 15.4. The molecule has 0 aliphatic rings. The van der Waals surface area contributed by atoms with Crippen LogP contribution < -0.4 is 5.32 Å². The maximum Gasteiger partial charge on any atom is 0.335 e. The van der Waals surface area contributed by atoms with E-state index in [1.54, 1.807) is 12.1 Å². The van der Waals surface area contributed by atoms with Gasteiger partial charge in [-0.2, -0.15) is 5.10 Å². The molecule has 0 spiro atoms. The van der Waals surface area contributed by atoms with Crippen molar-refractivity contribution in [2.75, 3.05) is 0 Å². The summed E-state index contributed by atoms with van der Waals surface area (Å²) in [5, 5.41) is 19.3. The Morgan fingerprint density at radius 2 is 1.95 bits per heavy atom. The van der Waals surface area contributed by atoms with Gasteiger partial charge in [0.2, 0.25) is 0 Å². The number of H-pyrrole nitrogens is 1. The molecular weight excluding hydrogens is 268 g/mol. The van der Waals surface area contributed by atoms with E-state index < -0.39 is 5.97 Å². The first-order chi connectivity index (χ1) is 9.97. The number of nitrogens with one attached hydrogen (secondary N) is 2. The van der Waals surface area contributed by atoms with Crippen LogP contribution in [0.4, 0.5) is 0 Å². The molecule has 0 aliphatic carbocycles. The number of carbonyl (C=O) groups is 1. The number of aromatic carboxylic acids is 1. The molecule has 0 saturated carbocycles. The summed E-state index contributed by atoms with van der Waals surface area (Å²) in [5.74, 6) is 1.00. The standard InChI is InChI=1S/C15H20N4O2/c1-9(2)13-17-14(19-18-13)10(3)16-8-11-4-6-12(7-5-11)15(20)21/h4-7,9-10,16H,8H2,1-3H3,(H,20,21)(H,17,18,19). The second-order valence-corrected chi connectivity index (χ2v) is 5.34. The van der Waals surface area contributed by atoms with Crippen LogP contribution in [0, 0.1) is 0 Å². The van der Waals surface area contributed by atoms with Crippen molar-refractivity contribution in [3.8, 4) is 0 Å². The molecule has 112 valence electrons. The topological polar surface area (TPSA) is 90.9 Å². The lowest BCUT2D eigenvalue weighted by Crippen LogP contribution is -2.19. The van der Waals surface area contributed by atoms with Crippen molar-refractivity contribution in [3.05, 3.63) is 47.0 Å². The van der Waals surface area contributed by atoms with Crippen molar-refractivity contribution in [3.63, 3.8) is 0 Å². The summed E-state index contributed by atoms with van der Waals surface area (Å²) in [4.78, 5) is 15.2. The number of nitrogens with zero attached hydrogens (tertiary/aromatic N) is 2. The average molecular weight is 288 g/mol. The lowest BCUT2D eigenvalue weighted by atomic mass is 10.1. The van der Waals surface area contributed by atoms with E-state index in [4.69, 9.17) is 5.11 Å². The molecule has 21 heavy (non-hydrogen) atoms. The fraction of sp³-hybridized carbons (Fsp3) is 0.400. The Labute approximate surface area is 123 Å². The van der Waals surface area contributed by atoms with Gasteiger partial charge in [-0.05, 0) is 24.6 Å². The van der Waals surface area contributed by atoms with Crippen molar-refractivity contribution >= 4 is 5.97 Å². The van der Waals surface area contributed by atoms with Crippen molar-refractivity contribution in [2.45, 2.75) is 39.3 Å². The normalized spacial score (nSPS) is 12.6. The van der Waals surface area contributed by atoms with E-state index in [0.29, 0.717) is 18.0 Å². The number of carboxylic acid groups (broad SMARTS) is 1. The fourth-order valence-corrected chi connectivity index (χ4v) is 1.87. The molecule has 0 amide bonds. The Morgan fingerprint density at radius 1 is 1.29 bits per heavy atom. The van der Waals surface area contributed by atoms with E-state index in [0.717, 1.165) is 17.2 Å². The van der Waals surface area contributed by atoms with Gasteiger partial charge in [0, 0.05) is 12.5 Å². The Hall–Kier alpha value is -2.21. The van der Waals surface area contributed by atoms with Crippen molar-refractivity contribution < 1.29 is 9.90 Å². The summed E-state index contributed by atoms with van der Waals surface area (Å²) in [5.41, 5.74) is 1.32. The third-order valence-electron chi connectivity index (χ3n) is 3.26. The molecule has 1 heterocycles. The quantitative estimate of drug-likeness (QED) is 0.759. The SMILES string of the molecule is CC(C)c1n[nH]c(C(C)NCc2ccc(C(=O)O)cc2)n1. The Bertz CT molecular complexity index is 604. The molecule has 6 nitrogen and oxygen atoms in total. The predicted octanol–water partition coefficient (Wildman–Crippen LogP) is 2.48. The molecule has 1 atom stereocenters. The number of aromatic amines is 1. The number of carboxylic acids is 1. The molecule has 1 aromatic carbocycles. The largest absolute Gasteiger partial charge is 0.478 e. The zero-order valence-corrected chi connectivity index (χ0v) is 12.4. The van der Waals surface area contributed by atoms with E-state index in [2.05, 4.69) is 34.3 Å². The van der Waals surface area contributed by atoms with Crippen LogP contribution in [0.25, 0.3) is 0 Å². The van der Waals surface area contributed by atoms with Gasteiger partial charge in [0.25, 0.3) is 0 Å². The van der Waals surface area contributed by atoms with Crippen LogP contribution in [0.15, 0.2) is 24.3 Å². The Morgan fingerprint density at radius 3 is 2.48 bits per heavy atom. The van der Waals surface area contributed by atoms with Gasteiger partial charge >= 0.3 is 5.97 Å². The number of benzene rings is 1. The van der Waals surface area contributed by atoms with E-state index >= 15 is 0 Å². The van der Waals surface area contributed by atoms with Gasteiger partial charge in [0.05, 0.1) is 11.6 Å². The first-order valence-electron chi connectivity index (χ1n) is 6.95. The van der Waals surface area contributed by atoms with Gasteiger partial charge in [0.15, 0.2) is 5.82 Å². The second-order valence-electron chi connectivity index (χ2n) is 5.34. The summed E-state index contributed by atoms with van der Waals surface area (Å²) < 4.78 is 0. The summed E-state index contributed by atoms with van der Waals surface area (Å²) in [6, 6.07) is 6.88. The zero-order valence-electron chi connectivity index (χ0n) is 12.4. The lowest BCUT2D eigenvalue weighted by molar-refractivity contribution is 0.0697. The van der Waals surface area contributed by atoms with Crippen LogP contribution in [0.2, 0.25) is 0 Å². The van der Waals surface area contributed by atoms with Gasteiger partial charge in [-0.15, -0.1) is 0 Å². The maximum absolute atomic E-state index is 10.8. The predicted molar refractivity (Wildman–Crippen MR) is 79.1 cm³/mol. The number of hydrogen-bond acceptors (Lipinski definition) is 4. The van der Waals surface area contributed by atoms with Crippen LogP contribution in [0.1, 0.15) is 60.3 Å². The number of rotatable bonds is 6. The smallest absolute Gasteiger partial charge is 0.335 e. The Kier molecular flexibility index (Phi) is 4.70. The van der Waals surface area contributed by atoms with Gasteiger partial charge in [-0.1, -0.05) is 26.0 Å². The maximum atomic E-state index is 10.8. The third kappa shape index (κ3) is 3.88.